The van der Waals surface area contributed by atoms with Crippen LogP contribution in [0, 0.1) is 6.92 Å². The number of rotatable bonds is 6. The SMILES string of the molecule is CCN(Cc1cccs1)C(=O)c1ccc(-c2nnc(-c3ccccc3C)o2)cc1. The molecule has 146 valence electrons. The van der Waals surface area contributed by atoms with Crippen LogP contribution < -0.4 is 0 Å². The number of hydrogen-bond acceptors (Lipinski definition) is 5. The Bertz CT molecular complexity index is 1100. The molecule has 0 saturated carbocycles. The molecule has 1 amide bonds. The van der Waals surface area contributed by atoms with Crippen LogP contribution in [0.25, 0.3) is 22.9 Å². The van der Waals surface area contributed by atoms with Crippen molar-refractivity contribution in [2.45, 2.75) is 20.4 Å². The van der Waals surface area contributed by atoms with E-state index < -0.39 is 0 Å². The number of thiophene rings is 1. The second-order valence-corrected chi connectivity index (χ2v) is 7.74. The zero-order valence-corrected chi connectivity index (χ0v) is 17.1. The number of carbonyl (C=O) groups excluding carboxylic acids is 1. The largest absolute Gasteiger partial charge is 0.416 e. The van der Waals surface area contributed by atoms with Crippen LogP contribution in [0.15, 0.2) is 70.5 Å². The first-order chi connectivity index (χ1) is 14.2. The van der Waals surface area contributed by atoms with Crippen molar-refractivity contribution in [1.29, 1.82) is 0 Å². The molecule has 5 nitrogen and oxygen atoms in total. The fourth-order valence-corrected chi connectivity index (χ4v) is 3.84. The van der Waals surface area contributed by atoms with Crippen molar-refractivity contribution < 1.29 is 9.21 Å². The molecule has 2 heterocycles. The molecule has 2 aromatic carbocycles. The fourth-order valence-electron chi connectivity index (χ4n) is 3.12. The molecule has 6 heteroatoms. The van der Waals surface area contributed by atoms with E-state index in [1.807, 2.05) is 84.8 Å². The topological polar surface area (TPSA) is 59.2 Å². The quantitative estimate of drug-likeness (QED) is 0.430. The van der Waals surface area contributed by atoms with Gasteiger partial charge in [-0.3, -0.25) is 4.79 Å². The summed E-state index contributed by atoms with van der Waals surface area (Å²) in [6, 6.07) is 19.3. The Morgan fingerprint density at radius 3 is 2.45 bits per heavy atom. The van der Waals surface area contributed by atoms with E-state index in [0.717, 1.165) is 16.7 Å². The second kappa shape index (κ2) is 8.41. The van der Waals surface area contributed by atoms with Gasteiger partial charge in [0.05, 0.1) is 6.54 Å². The Morgan fingerprint density at radius 2 is 1.76 bits per heavy atom. The van der Waals surface area contributed by atoms with Gasteiger partial charge in [0.2, 0.25) is 11.8 Å². The lowest BCUT2D eigenvalue weighted by Crippen LogP contribution is -2.29. The lowest BCUT2D eigenvalue weighted by Gasteiger charge is -2.20. The Labute approximate surface area is 173 Å². The van der Waals surface area contributed by atoms with Gasteiger partial charge in [-0.25, -0.2) is 0 Å². The van der Waals surface area contributed by atoms with Crippen LogP contribution in [0.2, 0.25) is 0 Å². The van der Waals surface area contributed by atoms with Gasteiger partial charge in [-0.05, 0) is 61.2 Å². The summed E-state index contributed by atoms with van der Waals surface area (Å²) in [5, 5.41) is 10.4. The highest BCUT2D eigenvalue weighted by atomic mass is 32.1. The van der Waals surface area contributed by atoms with Crippen molar-refractivity contribution in [3.63, 3.8) is 0 Å². The highest BCUT2D eigenvalue weighted by Gasteiger charge is 2.16. The van der Waals surface area contributed by atoms with Crippen molar-refractivity contribution >= 4 is 17.2 Å². The molecule has 0 aliphatic carbocycles. The molecule has 0 unspecified atom stereocenters. The summed E-state index contributed by atoms with van der Waals surface area (Å²) >= 11 is 1.66. The van der Waals surface area contributed by atoms with E-state index in [1.54, 1.807) is 11.3 Å². The minimum absolute atomic E-state index is 0.0126. The predicted molar refractivity (Wildman–Crippen MR) is 115 cm³/mol. The van der Waals surface area contributed by atoms with E-state index in [1.165, 1.54) is 4.88 Å². The van der Waals surface area contributed by atoms with E-state index in [4.69, 9.17) is 4.42 Å². The zero-order chi connectivity index (χ0) is 20.2. The number of aromatic nitrogens is 2. The van der Waals surface area contributed by atoms with Crippen molar-refractivity contribution in [3.05, 3.63) is 82.0 Å². The monoisotopic (exact) mass is 403 g/mol. The van der Waals surface area contributed by atoms with Gasteiger partial charge in [0, 0.05) is 28.1 Å². The third kappa shape index (κ3) is 4.12. The molecule has 0 radical (unpaired) electrons. The van der Waals surface area contributed by atoms with Crippen LogP contribution in [0.4, 0.5) is 0 Å². The van der Waals surface area contributed by atoms with Gasteiger partial charge in [0.1, 0.15) is 0 Å². The number of nitrogens with zero attached hydrogens (tertiary/aromatic N) is 3. The smallest absolute Gasteiger partial charge is 0.254 e. The van der Waals surface area contributed by atoms with Crippen molar-refractivity contribution in [2.75, 3.05) is 6.54 Å². The van der Waals surface area contributed by atoms with Crippen LogP contribution >= 0.6 is 11.3 Å². The first-order valence-electron chi connectivity index (χ1n) is 9.47. The number of hydrogen-bond donors (Lipinski definition) is 0. The molecule has 4 aromatic rings. The maximum atomic E-state index is 12.9. The van der Waals surface area contributed by atoms with Crippen LogP contribution in [0.3, 0.4) is 0 Å². The van der Waals surface area contributed by atoms with Crippen LogP contribution in [-0.4, -0.2) is 27.5 Å². The average Bonchev–Trinajstić information content (AvgIpc) is 3.44. The summed E-state index contributed by atoms with van der Waals surface area (Å²) in [6.07, 6.45) is 0. The normalized spacial score (nSPS) is 10.8. The highest BCUT2D eigenvalue weighted by molar-refractivity contribution is 7.09. The minimum atomic E-state index is 0.0126. The summed E-state index contributed by atoms with van der Waals surface area (Å²) in [5.74, 6) is 0.943. The molecule has 0 saturated heterocycles. The third-order valence-electron chi connectivity index (χ3n) is 4.78. The van der Waals surface area contributed by atoms with Crippen molar-refractivity contribution in [1.82, 2.24) is 15.1 Å². The number of amides is 1. The molecular formula is C23H21N3O2S. The molecule has 0 atom stereocenters. The molecule has 0 bridgehead atoms. The van der Waals surface area contributed by atoms with E-state index in [2.05, 4.69) is 10.2 Å². The first kappa shape index (κ1) is 19.1. The summed E-state index contributed by atoms with van der Waals surface area (Å²) in [6.45, 7) is 5.28. The van der Waals surface area contributed by atoms with Crippen molar-refractivity contribution in [2.24, 2.45) is 0 Å². The summed E-state index contributed by atoms with van der Waals surface area (Å²) in [4.78, 5) is 15.9. The molecule has 0 aliphatic rings. The minimum Gasteiger partial charge on any atom is -0.416 e. The molecule has 0 spiro atoms. The molecule has 4 rings (SSSR count). The van der Waals surface area contributed by atoms with Crippen LogP contribution in [0.5, 0.6) is 0 Å². The van der Waals surface area contributed by atoms with Crippen molar-refractivity contribution in [3.8, 4) is 22.9 Å². The molecule has 0 N–H and O–H groups in total. The van der Waals surface area contributed by atoms with Gasteiger partial charge < -0.3 is 9.32 Å². The maximum Gasteiger partial charge on any atom is 0.254 e. The molecule has 0 aliphatic heterocycles. The van der Waals surface area contributed by atoms with Gasteiger partial charge in [0.25, 0.3) is 5.91 Å². The van der Waals surface area contributed by atoms with Gasteiger partial charge in [0.15, 0.2) is 0 Å². The van der Waals surface area contributed by atoms with Gasteiger partial charge >= 0.3 is 0 Å². The third-order valence-corrected chi connectivity index (χ3v) is 5.64. The van der Waals surface area contributed by atoms with Gasteiger partial charge in [-0.2, -0.15) is 0 Å². The Morgan fingerprint density at radius 1 is 1.00 bits per heavy atom. The maximum absolute atomic E-state index is 12.9. The van der Waals surface area contributed by atoms with Crippen LogP contribution in [0.1, 0.15) is 27.7 Å². The lowest BCUT2D eigenvalue weighted by molar-refractivity contribution is 0.0754. The Kier molecular flexibility index (Phi) is 5.53. The fraction of sp³-hybridized carbons (Fsp3) is 0.174. The standard InChI is InChI=1S/C23H21N3O2S/c1-3-26(15-19-8-6-14-29-19)23(27)18-12-10-17(11-13-18)21-24-25-22(28-21)20-9-5-4-7-16(20)2/h4-14H,3,15H2,1-2H3. The van der Waals surface area contributed by atoms with E-state index >= 15 is 0 Å². The average molecular weight is 404 g/mol. The number of aryl methyl sites for hydroxylation is 1. The van der Waals surface area contributed by atoms with Crippen LogP contribution in [-0.2, 0) is 6.54 Å². The highest BCUT2D eigenvalue weighted by Crippen LogP contribution is 2.26. The lowest BCUT2D eigenvalue weighted by atomic mass is 10.1. The molecular weight excluding hydrogens is 382 g/mol. The first-order valence-corrected chi connectivity index (χ1v) is 10.3. The van der Waals surface area contributed by atoms with E-state index in [-0.39, 0.29) is 5.91 Å². The second-order valence-electron chi connectivity index (χ2n) is 6.70. The summed E-state index contributed by atoms with van der Waals surface area (Å²) in [5.41, 5.74) is 3.43. The van der Waals surface area contributed by atoms with E-state index in [9.17, 15) is 4.79 Å². The molecule has 29 heavy (non-hydrogen) atoms. The number of benzene rings is 2. The Hall–Kier alpha value is -3.25. The van der Waals surface area contributed by atoms with E-state index in [0.29, 0.717) is 30.4 Å². The molecule has 0 fully saturated rings. The zero-order valence-electron chi connectivity index (χ0n) is 16.3. The summed E-state index contributed by atoms with van der Waals surface area (Å²) in [7, 11) is 0. The predicted octanol–water partition coefficient (Wildman–Crippen LogP) is 5.44. The summed E-state index contributed by atoms with van der Waals surface area (Å²) < 4.78 is 5.86. The Balaban J connectivity index is 1.52. The number of carbonyl (C=O) groups is 1. The van der Waals surface area contributed by atoms with Gasteiger partial charge in [-0.1, -0.05) is 24.3 Å². The molecule has 2 aromatic heterocycles. The van der Waals surface area contributed by atoms with Gasteiger partial charge in [-0.15, -0.1) is 21.5 Å².